The Hall–Kier alpha value is -1.30. The molecule has 1 aliphatic rings. The zero-order valence-electron chi connectivity index (χ0n) is 11.7. The average molecular weight is 272 g/mol. The van der Waals surface area contributed by atoms with Crippen LogP contribution in [0.15, 0.2) is 0 Å². The van der Waals surface area contributed by atoms with E-state index in [0.29, 0.717) is 26.1 Å². The summed E-state index contributed by atoms with van der Waals surface area (Å²) < 4.78 is 5.65. The Kier molecular flexibility index (Phi) is 6.62. The molecule has 19 heavy (non-hydrogen) atoms. The largest absolute Gasteiger partial charge is 0.480 e. The highest BCUT2D eigenvalue weighted by Crippen LogP contribution is 2.13. The molecule has 1 rings (SSSR count). The molecule has 0 bridgehead atoms. The van der Waals surface area contributed by atoms with E-state index in [4.69, 9.17) is 9.84 Å². The zero-order valence-corrected chi connectivity index (χ0v) is 11.7. The first-order valence-corrected chi connectivity index (χ1v) is 6.98. The van der Waals surface area contributed by atoms with Crippen LogP contribution in [0, 0.1) is 0 Å². The minimum Gasteiger partial charge on any atom is -0.480 e. The number of urea groups is 1. The minimum absolute atomic E-state index is 0.0735. The Balaban J connectivity index is 2.45. The Morgan fingerprint density at radius 1 is 1.47 bits per heavy atom. The quantitative estimate of drug-likeness (QED) is 0.767. The molecule has 0 aliphatic carbocycles. The SMILES string of the molecule is CCCOC1CCCN(C(=O)N[C@H](CC)C(=O)O)C1. The van der Waals surface area contributed by atoms with Gasteiger partial charge in [0, 0.05) is 19.7 Å². The van der Waals surface area contributed by atoms with Gasteiger partial charge in [0.2, 0.25) is 0 Å². The molecule has 2 amide bonds. The topological polar surface area (TPSA) is 78.9 Å². The molecular weight excluding hydrogens is 248 g/mol. The van der Waals surface area contributed by atoms with Crippen LogP contribution >= 0.6 is 0 Å². The van der Waals surface area contributed by atoms with Gasteiger partial charge in [-0.15, -0.1) is 0 Å². The molecule has 1 saturated heterocycles. The highest BCUT2D eigenvalue weighted by molar-refractivity contribution is 5.82. The van der Waals surface area contributed by atoms with Gasteiger partial charge in [-0.25, -0.2) is 9.59 Å². The van der Waals surface area contributed by atoms with Gasteiger partial charge < -0.3 is 20.1 Å². The number of hydrogen-bond acceptors (Lipinski definition) is 3. The molecular formula is C13H24N2O4. The van der Waals surface area contributed by atoms with Crippen LogP contribution in [0.1, 0.15) is 39.5 Å². The Bertz CT molecular complexity index is 309. The monoisotopic (exact) mass is 272 g/mol. The van der Waals surface area contributed by atoms with Gasteiger partial charge in [-0.2, -0.15) is 0 Å². The summed E-state index contributed by atoms with van der Waals surface area (Å²) in [6, 6.07) is -1.12. The summed E-state index contributed by atoms with van der Waals surface area (Å²) in [6.07, 6.45) is 3.26. The van der Waals surface area contributed by atoms with Crippen molar-refractivity contribution in [2.45, 2.75) is 51.7 Å². The normalized spacial score (nSPS) is 20.9. The predicted molar refractivity (Wildman–Crippen MR) is 71.1 cm³/mol. The molecule has 1 unspecified atom stereocenters. The maximum absolute atomic E-state index is 12.0. The van der Waals surface area contributed by atoms with Crippen molar-refractivity contribution in [3.8, 4) is 0 Å². The van der Waals surface area contributed by atoms with Crippen LogP contribution in [0.4, 0.5) is 4.79 Å². The molecule has 1 aliphatic heterocycles. The zero-order chi connectivity index (χ0) is 14.3. The first kappa shape index (κ1) is 15.8. The standard InChI is InChI=1S/C13H24N2O4/c1-3-8-19-10-6-5-7-15(9-10)13(18)14-11(4-2)12(16)17/h10-11H,3-9H2,1-2H3,(H,14,18)(H,16,17)/t10?,11-/m1/s1. The Morgan fingerprint density at radius 3 is 2.79 bits per heavy atom. The van der Waals surface area contributed by atoms with E-state index in [1.165, 1.54) is 0 Å². The first-order valence-electron chi connectivity index (χ1n) is 6.98. The van der Waals surface area contributed by atoms with Crippen LogP contribution in [0.25, 0.3) is 0 Å². The van der Waals surface area contributed by atoms with Crippen molar-refractivity contribution in [1.29, 1.82) is 0 Å². The average Bonchev–Trinajstić information content (AvgIpc) is 2.42. The number of amides is 2. The molecule has 0 aromatic heterocycles. The number of carbonyl (C=O) groups excluding carboxylic acids is 1. The fourth-order valence-corrected chi connectivity index (χ4v) is 2.12. The molecule has 6 heteroatoms. The fraction of sp³-hybridized carbons (Fsp3) is 0.846. The van der Waals surface area contributed by atoms with E-state index in [2.05, 4.69) is 5.32 Å². The van der Waals surface area contributed by atoms with E-state index in [0.717, 1.165) is 19.3 Å². The van der Waals surface area contributed by atoms with Gasteiger partial charge in [0.1, 0.15) is 6.04 Å². The van der Waals surface area contributed by atoms with Crippen LogP contribution in [0.5, 0.6) is 0 Å². The van der Waals surface area contributed by atoms with Gasteiger partial charge in [0.25, 0.3) is 0 Å². The third-order valence-electron chi connectivity index (χ3n) is 3.23. The summed E-state index contributed by atoms with van der Waals surface area (Å²) in [7, 11) is 0. The van der Waals surface area contributed by atoms with Crippen molar-refractivity contribution in [1.82, 2.24) is 10.2 Å². The summed E-state index contributed by atoms with van der Waals surface area (Å²) in [4.78, 5) is 24.5. The maximum atomic E-state index is 12.0. The van der Waals surface area contributed by atoms with Gasteiger partial charge in [0.05, 0.1) is 6.10 Å². The second-order valence-electron chi connectivity index (χ2n) is 4.83. The molecule has 2 N–H and O–H groups in total. The van der Waals surface area contributed by atoms with E-state index >= 15 is 0 Å². The van der Waals surface area contributed by atoms with Gasteiger partial charge in [-0.3, -0.25) is 0 Å². The van der Waals surface area contributed by atoms with Crippen LogP contribution < -0.4 is 5.32 Å². The lowest BCUT2D eigenvalue weighted by Gasteiger charge is -2.33. The smallest absolute Gasteiger partial charge is 0.326 e. The van der Waals surface area contributed by atoms with Crippen LogP contribution in [-0.4, -0.2) is 53.8 Å². The molecule has 6 nitrogen and oxygen atoms in total. The van der Waals surface area contributed by atoms with E-state index in [9.17, 15) is 9.59 Å². The molecule has 2 atom stereocenters. The number of nitrogens with one attached hydrogen (secondary N) is 1. The van der Waals surface area contributed by atoms with Crippen molar-refractivity contribution >= 4 is 12.0 Å². The number of carboxylic acid groups (broad SMARTS) is 1. The Labute approximate surface area is 114 Å². The number of piperidine rings is 1. The molecule has 0 spiro atoms. The highest BCUT2D eigenvalue weighted by Gasteiger charge is 2.26. The molecule has 0 aromatic carbocycles. The molecule has 110 valence electrons. The number of hydrogen-bond donors (Lipinski definition) is 2. The molecule has 0 saturated carbocycles. The van der Waals surface area contributed by atoms with Crippen molar-refractivity contribution in [3.63, 3.8) is 0 Å². The fourth-order valence-electron chi connectivity index (χ4n) is 2.12. The summed E-state index contributed by atoms with van der Waals surface area (Å²) in [5, 5.41) is 11.5. The van der Waals surface area contributed by atoms with Crippen LogP contribution in [0.3, 0.4) is 0 Å². The maximum Gasteiger partial charge on any atom is 0.326 e. The number of rotatable bonds is 6. The van der Waals surface area contributed by atoms with Crippen molar-refractivity contribution < 1.29 is 19.4 Å². The van der Waals surface area contributed by atoms with Gasteiger partial charge in [-0.05, 0) is 25.7 Å². The summed E-state index contributed by atoms with van der Waals surface area (Å²) >= 11 is 0. The lowest BCUT2D eigenvalue weighted by Crippen LogP contribution is -2.52. The summed E-state index contributed by atoms with van der Waals surface area (Å²) in [5.74, 6) is -0.994. The van der Waals surface area contributed by atoms with Gasteiger partial charge in [-0.1, -0.05) is 13.8 Å². The molecule has 0 radical (unpaired) electrons. The third kappa shape index (κ3) is 5.06. The molecule has 1 fully saturated rings. The predicted octanol–water partition coefficient (Wildman–Crippen LogP) is 1.45. The van der Waals surface area contributed by atoms with E-state index in [1.54, 1.807) is 11.8 Å². The van der Waals surface area contributed by atoms with Gasteiger partial charge in [0.15, 0.2) is 0 Å². The van der Waals surface area contributed by atoms with Crippen molar-refractivity contribution in [2.75, 3.05) is 19.7 Å². The number of ether oxygens (including phenoxy) is 1. The third-order valence-corrected chi connectivity index (χ3v) is 3.23. The lowest BCUT2D eigenvalue weighted by molar-refractivity contribution is -0.139. The molecule has 1 heterocycles. The lowest BCUT2D eigenvalue weighted by atomic mass is 10.1. The van der Waals surface area contributed by atoms with Crippen LogP contribution in [-0.2, 0) is 9.53 Å². The van der Waals surface area contributed by atoms with E-state index in [-0.39, 0.29) is 12.1 Å². The Morgan fingerprint density at radius 2 is 2.21 bits per heavy atom. The van der Waals surface area contributed by atoms with E-state index in [1.807, 2.05) is 6.92 Å². The highest BCUT2D eigenvalue weighted by atomic mass is 16.5. The first-order chi connectivity index (χ1) is 9.08. The molecule has 0 aromatic rings. The van der Waals surface area contributed by atoms with Crippen molar-refractivity contribution in [3.05, 3.63) is 0 Å². The minimum atomic E-state index is -0.994. The van der Waals surface area contributed by atoms with E-state index < -0.39 is 12.0 Å². The van der Waals surface area contributed by atoms with Crippen LogP contribution in [0.2, 0.25) is 0 Å². The second-order valence-corrected chi connectivity index (χ2v) is 4.83. The number of nitrogens with zero attached hydrogens (tertiary/aromatic N) is 1. The number of aliphatic carboxylic acids is 1. The van der Waals surface area contributed by atoms with Crippen molar-refractivity contribution in [2.24, 2.45) is 0 Å². The number of carbonyl (C=O) groups is 2. The summed E-state index contributed by atoms with van der Waals surface area (Å²) in [5.41, 5.74) is 0. The van der Waals surface area contributed by atoms with Gasteiger partial charge >= 0.3 is 12.0 Å². The summed E-state index contributed by atoms with van der Waals surface area (Å²) in [6.45, 7) is 5.69. The number of carboxylic acids is 1. The number of likely N-dealkylation sites (tertiary alicyclic amines) is 1. The second kappa shape index (κ2) is 7.99.